The molecule has 0 saturated heterocycles. The van der Waals surface area contributed by atoms with Crippen molar-refractivity contribution in [1.82, 2.24) is 14.7 Å². The van der Waals surface area contributed by atoms with Crippen molar-refractivity contribution in [3.05, 3.63) is 22.2 Å². The summed E-state index contributed by atoms with van der Waals surface area (Å²) in [6.07, 6.45) is 0. The van der Waals surface area contributed by atoms with Crippen molar-refractivity contribution < 1.29 is 0 Å². The zero-order valence-electron chi connectivity index (χ0n) is 9.71. The molecule has 1 aromatic heterocycles. The van der Waals surface area contributed by atoms with E-state index in [1.807, 2.05) is 6.92 Å². The summed E-state index contributed by atoms with van der Waals surface area (Å²) >= 11 is 13.2. The van der Waals surface area contributed by atoms with Crippen LogP contribution >= 0.6 is 35.1 Å². The molecule has 0 amide bonds. The van der Waals surface area contributed by atoms with Gasteiger partial charge in [0, 0.05) is 4.75 Å². The van der Waals surface area contributed by atoms with Gasteiger partial charge in [0.05, 0.1) is 11.7 Å². The highest BCUT2D eigenvalue weighted by Crippen LogP contribution is 2.24. The van der Waals surface area contributed by atoms with E-state index in [1.54, 1.807) is 18.0 Å². The Balaban J connectivity index is 2.69. The van der Waals surface area contributed by atoms with Crippen LogP contribution < -0.4 is 4.72 Å². The van der Waals surface area contributed by atoms with E-state index in [2.05, 4.69) is 35.5 Å². The Morgan fingerprint density at radius 1 is 1.31 bits per heavy atom. The fourth-order valence-electron chi connectivity index (χ4n) is 0.954. The number of aromatic nitrogens is 2. The first-order chi connectivity index (χ1) is 7.28. The standard InChI is InChI=1S/C10H15Cl2N3S/c1-6(15-16-10(2,3)4)7-5-8(11)14-9(12)13-7/h5-6,15H,1-4H3/t6-/m1/s1. The zero-order chi connectivity index (χ0) is 12.3. The van der Waals surface area contributed by atoms with Crippen molar-refractivity contribution in [2.24, 2.45) is 0 Å². The Labute approximate surface area is 110 Å². The fraction of sp³-hybridized carbons (Fsp3) is 0.600. The van der Waals surface area contributed by atoms with E-state index in [9.17, 15) is 0 Å². The van der Waals surface area contributed by atoms with Gasteiger partial charge in [0.2, 0.25) is 5.28 Å². The van der Waals surface area contributed by atoms with Crippen LogP contribution in [-0.2, 0) is 0 Å². The Morgan fingerprint density at radius 2 is 1.94 bits per heavy atom. The minimum absolute atomic E-state index is 0.0715. The highest BCUT2D eigenvalue weighted by Gasteiger charge is 2.15. The molecule has 1 N–H and O–H groups in total. The molecule has 0 radical (unpaired) electrons. The minimum Gasteiger partial charge on any atom is -0.255 e. The Hall–Kier alpha value is -0.0300. The summed E-state index contributed by atoms with van der Waals surface area (Å²) in [5, 5.41) is 0.543. The van der Waals surface area contributed by atoms with Crippen LogP contribution in [0.15, 0.2) is 6.07 Å². The monoisotopic (exact) mass is 279 g/mol. The van der Waals surface area contributed by atoms with Gasteiger partial charge in [-0.3, -0.25) is 4.72 Å². The summed E-state index contributed by atoms with van der Waals surface area (Å²) in [6.45, 7) is 8.42. The number of nitrogens with zero attached hydrogens (tertiary/aromatic N) is 2. The third-order valence-electron chi connectivity index (χ3n) is 1.67. The number of nitrogens with one attached hydrogen (secondary N) is 1. The molecule has 6 heteroatoms. The smallest absolute Gasteiger partial charge is 0.224 e. The van der Waals surface area contributed by atoms with E-state index in [1.165, 1.54) is 0 Å². The molecule has 0 aliphatic rings. The molecule has 0 aromatic carbocycles. The first kappa shape index (κ1) is 14.0. The molecule has 0 saturated carbocycles. The van der Waals surface area contributed by atoms with Gasteiger partial charge in [-0.15, -0.1) is 0 Å². The van der Waals surface area contributed by atoms with Crippen LogP contribution in [0.5, 0.6) is 0 Å². The highest BCUT2D eigenvalue weighted by molar-refractivity contribution is 7.98. The number of hydrogen-bond acceptors (Lipinski definition) is 4. The topological polar surface area (TPSA) is 37.8 Å². The lowest BCUT2D eigenvalue weighted by atomic mass is 10.2. The van der Waals surface area contributed by atoms with Gasteiger partial charge in [-0.2, -0.15) is 0 Å². The largest absolute Gasteiger partial charge is 0.255 e. The van der Waals surface area contributed by atoms with Crippen molar-refractivity contribution >= 4 is 35.1 Å². The quantitative estimate of drug-likeness (QED) is 0.518. The summed E-state index contributed by atoms with van der Waals surface area (Å²) in [7, 11) is 0. The van der Waals surface area contributed by atoms with Gasteiger partial charge in [-0.05, 0) is 45.4 Å². The van der Waals surface area contributed by atoms with Crippen molar-refractivity contribution in [2.75, 3.05) is 0 Å². The van der Waals surface area contributed by atoms with E-state index < -0.39 is 0 Å². The molecule has 1 aromatic rings. The summed E-state index contributed by atoms with van der Waals surface area (Å²) in [5.41, 5.74) is 0.793. The van der Waals surface area contributed by atoms with Crippen LogP contribution in [0.2, 0.25) is 10.4 Å². The molecule has 16 heavy (non-hydrogen) atoms. The van der Waals surface area contributed by atoms with Gasteiger partial charge < -0.3 is 0 Å². The first-order valence-electron chi connectivity index (χ1n) is 4.91. The van der Waals surface area contributed by atoms with Crippen LogP contribution in [-0.4, -0.2) is 14.7 Å². The van der Waals surface area contributed by atoms with Crippen LogP contribution in [0, 0.1) is 0 Å². The van der Waals surface area contributed by atoms with E-state index in [-0.39, 0.29) is 16.1 Å². The lowest BCUT2D eigenvalue weighted by Gasteiger charge is -2.21. The third-order valence-corrected chi connectivity index (χ3v) is 3.12. The summed E-state index contributed by atoms with van der Waals surface area (Å²) in [6, 6.07) is 1.79. The lowest BCUT2D eigenvalue weighted by Crippen LogP contribution is -2.20. The van der Waals surface area contributed by atoms with Crippen molar-refractivity contribution in [3.63, 3.8) is 0 Å². The molecular weight excluding hydrogens is 265 g/mol. The average Bonchev–Trinajstić information content (AvgIpc) is 2.11. The van der Waals surface area contributed by atoms with Crippen molar-refractivity contribution in [1.29, 1.82) is 0 Å². The zero-order valence-corrected chi connectivity index (χ0v) is 12.0. The molecule has 1 rings (SSSR count). The molecule has 0 aliphatic heterocycles. The second kappa shape index (κ2) is 5.54. The molecule has 0 spiro atoms. The molecule has 0 unspecified atom stereocenters. The molecule has 90 valence electrons. The Bertz CT molecular complexity index is 345. The molecular formula is C10H15Cl2N3S. The average molecular weight is 280 g/mol. The maximum absolute atomic E-state index is 5.81. The van der Waals surface area contributed by atoms with Crippen LogP contribution in [0.25, 0.3) is 0 Å². The van der Waals surface area contributed by atoms with E-state index >= 15 is 0 Å². The molecule has 0 bridgehead atoms. The predicted molar refractivity (Wildman–Crippen MR) is 70.9 cm³/mol. The number of halogens is 2. The third kappa shape index (κ3) is 4.87. The van der Waals surface area contributed by atoms with Gasteiger partial charge >= 0.3 is 0 Å². The first-order valence-corrected chi connectivity index (χ1v) is 6.49. The van der Waals surface area contributed by atoms with E-state index in [0.717, 1.165) is 5.69 Å². The minimum atomic E-state index is 0.0715. The molecule has 1 atom stereocenters. The second-order valence-corrected chi connectivity index (χ2v) is 6.83. The molecule has 3 nitrogen and oxygen atoms in total. The van der Waals surface area contributed by atoms with Crippen molar-refractivity contribution in [3.8, 4) is 0 Å². The van der Waals surface area contributed by atoms with Crippen molar-refractivity contribution in [2.45, 2.75) is 38.5 Å². The highest BCUT2D eigenvalue weighted by atomic mass is 35.5. The van der Waals surface area contributed by atoms with Gasteiger partial charge in [-0.25, -0.2) is 9.97 Å². The second-order valence-electron chi connectivity index (χ2n) is 4.44. The van der Waals surface area contributed by atoms with Crippen LogP contribution in [0.1, 0.15) is 39.4 Å². The maximum atomic E-state index is 5.81. The van der Waals surface area contributed by atoms with E-state index in [4.69, 9.17) is 23.2 Å². The molecule has 0 fully saturated rings. The summed E-state index contributed by atoms with van der Waals surface area (Å²) < 4.78 is 3.45. The maximum Gasteiger partial charge on any atom is 0.224 e. The van der Waals surface area contributed by atoms with Crippen LogP contribution in [0.4, 0.5) is 0 Å². The van der Waals surface area contributed by atoms with Gasteiger partial charge in [0.1, 0.15) is 5.15 Å². The molecule has 0 aliphatic carbocycles. The lowest BCUT2D eigenvalue weighted by molar-refractivity contribution is 0.701. The summed E-state index contributed by atoms with van der Waals surface area (Å²) in [5.74, 6) is 0. The SMILES string of the molecule is C[C@@H](NSC(C)(C)C)c1cc(Cl)nc(Cl)n1. The molecule has 1 heterocycles. The summed E-state index contributed by atoms with van der Waals surface area (Å²) in [4.78, 5) is 7.94. The number of hydrogen-bond donors (Lipinski definition) is 1. The van der Waals surface area contributed by atoms with Crippen LogP contribution in [0.3, 0.4) is 0 Å². The number of rotatable bonds is 3. The Morgan fingerprint density at radius 3 is 2.44 bits per heavy atom. The van der Waals surface area contributed by atoms with E-state index in [0.29, 0.717) is 5.15 Å². The fourth-order valence-corrected chi connectivity index (χ4v) is 2.03. The predicted octanol–water partition coefficient (Wildman–Crippen LogP) is 3.88. The van der Waals surface area contributed by atoms with Gasteiger partial charge in [-0.1, -0.05) is 23.5 Å². The Kier molecular flexibility index (Phi) is 4.86. The normalized spacial score (nSPS) is 13.9. The van der Waals surface area contributed by atoms with Gasteiger partial charge in [0.15, 0.2) is 0 Å². The van der Waals surface area contributed by atoms with Gasteiger partial charge in [0.25, 0.3) is 0 Å².